The Morgan fingerprint density at radius 2 is 2.06 bits per heavy atom. The van der Waals surface area contributed by atoms with Crippen LogP contribution in [0.5, 0.6) is 5.75 Å². The Bertz CT molecular complexity index is 1170. The molecule has 2 aliphatic heterocycles. The maximum Gasteiger partial charge on any atom is 0.352 e. The van der Waals surface area contributed by atoms with E-state index in [2.05, 4.69) is 4.90 Å². The molecular weight excluding hydrogens is 472 g/mol. The van der Waals surface area contributed by atoms with Crippen LogP contribution in [0.15, 0.2) is 24.0 Å². The van der Waals surface area contributed by atoms with Gasteiger partial charge in [0.25, 0.3) is 0 Å². The Labute approximate surface area is 207 Å². The number of likely N-dealkylation sites (tertiary alicyclic amines) is 1. The van der Waals surface area contributed by atoms with Crippen LogP contribution in [0.4, 0.5) is 0 Å². The summed E-state index contributed by atoms with van der Waals surface area (Å²) in [6.07, 6.45) is 0.269. The second-order valence-corrected chi connectivity index (χ2v) is 10.1. The van der Waals surface area contributed by atoms with Gasteiger partial charge in [-0.2, -0.15) is 0 Å². The SMILES string of the molecule is C[C@H](OC(=O)C(N)CC(=O)O)C(=O)OC1=CC[C@@]2(O)[C@H]3Cc4ccc(CO)c5c4[C@@]2(CCN3C)[C@H]1O5. The second-order valence-electron chi connectivity index (χ2n) is 10.1. The lowest BCUT2D eigenvalue weighted by atomic mass is 9.50. The summed E-state index contributed by atoms with van der Waals surface area (Å²) in [6, 6.07) is 2.21. The van der Waals surface area contributed by atoms with Crippen molar-refractivity contribution in [2.75, 3.05) is 13.6 Å². The summed E-state index contributed by atoms with van der Waals surface area (Å²) in [5, 5.41) is 30.9. The Hall–Kier alpha value is -2.99. The molecule has 1 aromatic carbocycles. The number of rotatable bonds is 7. The largest absolute Gasteiger partial charge is 0.481 e. The molecule has 1 aromatic rings. The molecule has 11 nitrogen and oxygen atoms in total. The highest BCUT2D eigenvalue weighted by Crippen LogP contribution is 2.64. The van der Waals surface area contributed by atoms with E-state index in [9.17, 15) is 24.6 Å². The van der Waals surface area contributed by atoms with E-state index in [0.717, 1.165) is 11.1 Å². The number of carboxylic acids is 1. The lowest BCUT2D eigenvalue weighted by Crippen LogP contribution is -2.74. The molecule has 6 atom stereocenters. The Balaban J connectivity index is 1.45. The second kappa shape index (κ2) is 8.55. The van der Waals surface area contributed by atoms with Gasteiger partial charge in [-0.15, -0.1) is 0 Å². The van der Waals surface area contributed by atoms with Crippen molar-refractivity contribution in [3.05, 3.63) is 40.7 Å². The Kier molecular flexibility index (Phi) is 5.86. The fourth-order valence-electron chi connectivity index (χ4n) is 6.41. The monoisotopic (exact) mass is 502 g/mol. The molecule has 0 amide bonds. The highest BCUT2D eigenvalue weighted by Gasteiger charge is 2.71. The van der Waals surface area contributed by atoms with E-state index in [-0.39, 0.29) is 24.8 Å². The fourth-order valence-corrected chi connectivity index (χ4v) is 6.41. The molecule has 2 aliphatic carbocycles. The van der Waals surface area contributed by atoms with E-state index in [1.54, 1.807) is 6.08 Å². The number of nitrogens with zero attached hydrogens (tertiary/aromatic N) is 1. The summed E-state index contributed by atoms with van der Waals surface area (Å²) in [4.78, 5) is 37.9. The van der Waals surface area contributed by atoms with E-state index in [1.165, 1.54) is 6.92 Å². The van der Waals surface area contributed by atoms with E-state index in [4.69, 9.17) is 25.1 Å². The summed E-state index contributed by atoms with van der Waals surface area (Å²) < 4.78 is 17.1. The molecule has 1 fully saturated rings. The Morgan fingerprint density at radius 1 is 1.31 bits per heavy atom. The van der Waals surface area contributed by atoms with Crippen LogP contribution < -0.4 is 10.5 Å². The van der Waals surface area contributed by atoms with Crippen molar-refractivity contribution < 1.29 is 43.9 Å². The third kappa shape index (κ3) is 3.37. The number of carboxylic acid groups (broad SMARTS) is 1. The minimum atomic E-state index is -1.41. The first kappa shape index (κ1) is 24.7. The number of likely N-dealkylation sites (N-methyl/N-ethyl adjacent to an activating group) is 1. The molecule has 194 valence electrons. The smallest absolute Gasteiger partial charge is 0.352 e. The number of carbonyl (C=O) groups excluding carboxylic acids is 2. The molecule has 0 aromatic heterocycles. The minimum absolute atomic E-state index is 0.167. The summed E-state index contributed by atoms with van der Waals surface area (Å²) in [7, 11) is 1.98. The van der Waals surface area contributed by atoms with Gasteiger partial charge in [0.15, 0.2) is 12.2 Å². The topological polar surface area (TPSA) is 169 Å². The number of ether oxygens (including phenoxy) is 3. The fraction of sp³-hybridized carbons (Fsp3) is 0.560. The van der Waals surface area contributed by atoms with E-state index < -0.39 is 53.6 Å². The van der Waals surface area contributed by atoms with Crippen LogP contribution >= 0.6 is 0 Å². The molecule has 0 saturated carbocycles. The summed E-state index contributed by atoms with van der Waals surface area (Å²) in [6.45, 7) is 1.77. The third-order valence-electron chi connectivity index (χ3n) is 8.17. The molecular formula is C25H30N2O9. The van der Waals surface area contributed by atoms with E-state index >= 15 is 0 Å². The van der Waals surface area contributed by atoms with Crippen molar-refractivity contribution in [2.45, 2.75) is 74.5 Å². The predicted molar refractivity (Wildman–Crippen MR) is 123 cm³/mol. The van der Waals surface area contributed by atoms with Crippen LogP contribution in [0.2, 0.25) is 0 Å². The molecule has 5 N–H and O–H groups in total. The number of piperidine rings is 1. The lowest BCUT2D eigenvalue weighted by molar-refractivity contribution is -0.176. The van der Waals surface area contributed by atoms with Gasteiger partial charge < -0.3 is 40.2 Å². The summed E-state index contributed by atoms with van der Waals surface area (Å²) in [5.41, 5.74) is 5.98. The number of aliphatic hydroxyl groups is 2. The standard InChI is InChI=1S/C25H30N2O9/c1-12(34-23(32)15(26)10-18(29)30)22(31)35-16-5-6-25(33)17-9-13-3-4-14(11-28)20-19(13)24(25,21(16)36-20)7-8-27(17)2/h3-5,12,15,17,21,28,33H,6-11,26H2,1-2H3,(H,29,30)/t12-,15?,17+,21-,24-,25+/m0/s1. The number of aliphatic carboxylic acids is 1. The van der Waals surface area contributed by atoms with Crippen LogP contribution in [0.1, 0.15) is 42.9 Å². The highest BCUT2D eigenvalue weighted by molar-refractivity contribution is 5.85. The first-order valence-corrected chi connectivity index (χ1v) is 12.0. The molecule has 1 spiro atoms. The van der Waals surface area contributed by atoms with Crippen LogP contribution in [0, 0.1) is 0 Å². The zero-order valence-electron chi connectivity index (χ0n) is 20.1. The van der Waals surface area contributed by atoms with Gasteiger partial charge in [0, 0.05) is 23.6 Å². The predicted octanol–water partition coefficient (Wildman–Crippen LogP) is -0.266. The molecule has 11 heteroatoms. The van der Waals surface area contributed by atoms with E-state index in [1.807, 2.05) is 19.2 Å². The summed E-state index contributed by atoms with van der Waals surface area (Å²) in [5.74, 6) is -2.44. The molecule has 2 bridgehead atoms. The van der Waals surface area contributed by atoms with Crippen LogP contribution in [-0.4, -0.2) is 81.6 Å². The number of nitrogens with two attached hydrogens (primary N) is 1. The van der Waals surface area contributed by atoms with Crippen LogP contribution in [-0.2, 0) is 42.3 Å². The van der Waals surface area contributed by atoms with Gasteiger partial charge in [0.2, 0.25) is 0 Å². The van der Waals surface area contributed by atoms with Gasteiger partial charge >= 0.3 is 17.9 Å². The van der Waals surface area contributed by atoms with Gasteiger partial charge in [-0.05, 0) is 45.0 Å². The maximum absolute atomic E-state index is 12.9. The molecule has 0 radical (unpaired) electrons. The average molecular weight is 503 g/mol. The number of aliphatic hydroxyl groups excluding tert-OH is 1. The molecule has 2 heterocycles. The molecule has 1 unspecified atom stereocenters. The van der Waals surface area contributed by atoms with Crippen molar-refractivity contribution >= 4 is 17.9 Å². The molecule has 1 saturated heterocycles. The number of hydrogen-bond acceptors (Lipinski definition) is 10. The maximum atomic E-state index is 12.9. The van der Waals surface area contributed by atoms with Gasteiger partial charge in [-0.1, -0.05) is 12.1 Å². The quantitative estimate of drug-likeness (QED) is 0.362. The van der Waals surface area contributed by atoms with Crippen molar-refractivity contribution in [1.82, 2.24) is 4.90 Å². The Morgan fingerprint density at radius 3 is 2.75 bits per heavy atom. The van der Waals surface area contributed by atoms with Crippen molar-refractivity contribution in [2.24, 2.45) is 5.73 Å². The van der Waals surface area contributed by atoms with Crippen LogP contribution in [0.3, 0.4) is 0 Å². The van der Waals surface area contributed by atoms with Gasteiger partial charge in [0.1, 0.15) is 17.6 Å². The zero-order valence-corrected chi connectivity index (χ0v) is 20.1. The van der Waals surface area contributed by atoms with Gasteiger partial charge in [0.05, 0.1) is 24.0 Å². The molecule has 4 aliphatic rings. The average Bonchev–Trinajstić information content (AvgIpc) is 3.18. The molecule has 5 rings (SSSR count). The number of esters is 2. The van der Waals surface area contributed by atoms with Crippen molar-refractivity contribution in [3.63, 3.8) is 0 Å². The molecule has 36 heavy (non-hydrogen) atoms. The number of hydrogen-bond donors (Lipinski definition) is 4. The number of carbonyl (C=O) groups is 3. The van der Waals surface area contributed by atoms with Gasteiger partial charge in [-0.3, -0.25) is 9.59 Å². The van der Waals surface area contributed by atoms with E-state index in [0.29, 0.717) is 30.7 Å². The minimum Gasteiger partial charge on any atom is -0.481 e. The zero-order chi connectivity index (χ0) is 26.0. The van der Waals surface area contributed by atoms with Gasteiger partial charge in [-0.25, -0.2) is 4.79 Å². The highest BCUT2D eigenvalue weighted by atomic mass is 16.6. The summed E-state index contributed by atoms with van der Waals surface area (Å²) >= 11 is 0. The van der Waals surface area contributed by atoms with Crippen molar-refractivity contribution in [3.8, 4) is 5.75 Å². The third-order valence-corrected chi connectivity index (χ3v) is 8.17. The first-order chi connectivity index (χ1) is 17.0. The van der Waals surface area contributed by atoms with Crippen LogP contribution in [0.25, 0.3) is 0 Å². The lowest BCUT2D eigenvalue weighted by Gasteiger charge is -2.61. The first-order valence-electron chi connectivity index (χ1n) is 12.0. The van der Waals surface area contributed by atoms with Crippen molar-refractivity contribution in [1.29, 1.82) is 0 Å². The number of benzene rings is 1. The normalized spacial score (nSPS) is 31.4.